The molecule has 0 aliphatic carbocycles. The van der Waals surface area contributed by atoms with Gasteiger partial charge in [0.1, 0.15) is 18.0 Å². The third kappa shape index (κ3) is 6.16. The topological polar surface area (TPSA) is 72.6 Å². The number of anilines is 1. The molecule has 1 aliphatic rings. The van der Waals surface area contributed by atoms with Crippen molar-refractivity contribution in [2.24, 2.45) is 5.73 Å². The predicted molar refractivity (Wildman–Crippen MR) is 155 cm³/mol. The Labute approximate surface area is 246 Å². The number of rotatable bonds is 7. The van der Waals surface area contributed by atoms with E-state index in [1.807, 2.05) is 24.3 Å². The lowest BCUT2D eigenvalue weighted by Gasteiger charge is -2.45. The molecule has 9 heteroatoms. The van der Waals surface area contributed by atoms with Crippen LogP contribution < -0.4 is 10.6 Å². The molecule has 4 aromatic rings. The number of carbonyl (C=O) groups is 2. The van der Waals surface area contributed by atoms with Crippen LogP contribution in [0.1, 0.15) is 34.4 Å². The molecule has 1 saturated heterocycles. The number of morpholine rings is 1. The standard InChI is InChI=1S/C31H24Cl3FN2O3/c32-22-8-3-19(4-9-22)29-30(20-5-10-23(33)11-6-20)40-27(15-18-1-13-25(35)14-2-18)31(39)37(29)26-17-24(34)12-7-21(26)16-28(36)38/h1-14,17,27,29-30H,15-16H2,(H2,36,38)/t27-,29+,30-/m0/s1. The average Bonchev–Trinajstić information content (AvgIpc) is 2.93. The maximum Gasteiger partial charge on any atom is 0.257 e. The Morgan fingerprint density at radius 1 is 0.825 bits per heavy atom. The molecule has 0 unspecified atom stereocenters. The lowest BCUT2D eigenvalue weighted by molar-refractivity contribution is -0.145. The summed E-state index contributed by atoms with van der Waals surface area (Å²) in [4.78, 5) is 28.0. The van der Waals surface area contributed by atoms with Crippen LogP contribution in [0, 0.1) is 5.82 Å². The van der Waals surface area contributed by atoms with Crippen LogP contribution in [0.5, 0.6) is 0 Å². The number of benzene rings is 4. The van der Waals surface area contributed by atoms with Crippen molar-refractivity contribution in [3.8, 4) is 0 Å². The minimum Gasteiger partial charge on any atom is -0.369 e. The highest BCUT2D eigenvalue weighted by Gasteiger charge is 2.45. The molecular formula is C31H24Cl3FN2O3. The maximum absolute atomic E-state index is 14.3. The monoisotopic (exact) mass is 596 g/mol. The highest BCUT2D eigenvalue weighted by molar-refractivity contribution is 6.31. The first kappa shape index (κ1) is 28.1. The number of primary amides is 1. The summed E-state index contributed by atoms with van der Waals surface area (Å²) < 4.78 is 20.2. The molecular weight excluding hydrogens is 574 g/mol. The number of nitrogens with zero attached hydrogens (tertiary/aromatic N) is 1. The molecule has 204 valence electrons. The fourth-order valence-corrected chi connectivity index (χ4v) is 5.39. The number of nitrogens with two attached hydrogens (primary N) is 1. The first-order chi connectivity index (χ1) is 19.2. The Morgan fingerprint density at radius 2 is 1.40 bits per heavy atom. The molecule has 0 saturated carbocycles. The summed E-state index contributed by atoms with van der Waals surface area (Å²) in [7, 11) is 0. The van der Waals surface area contributed by atoms with Crippen molar-refractivity contribution < 1.29 is 18.7 Å². The Hall–Kier alpha value is -3.42. The number of amides is 2. The lowest BCUT2D eigenvalue weighted by atomic mass is 9.89. The molecule has 40 heavy (non-hydrogen) atoms. The second-order valence-corrected chi connectivity index (χ2v) is 10.9. The zero-order valence-corrected chi connectivity index (χ0v) is 23.3. The highest BCUT2D eigenvalue weighted by Crippen LogP contribution is 2.46. The minimum absolute atomic E-state index is 0.0985. The fourth-order valence-electron chi connectivity index (χ4n) is 4.97. The van der Waals surface area contributed by atoms with Crippen molar-refractivity contribution in [3.63, 3.8) is 0 Å². The van der Waals surface area contributed by atoms with E-state index in [-0.39, 0.29) is 24.6 Å². The summed E-state index contributed by atoms with van der Waals surface area (Å²) in [5, 5.41) is 1.47. The molecule has 0 bridgehead atoms. The van der Waals surface area contributed by atoms with Gasteiger partial charge in [0.25, 0.3) is 5.91 Å². The smallest absolute Gasteiger partial charge is 0.257 e. The van der Waals surface area contributed by atoms with E-state index in [0.717, 1.165) is 16.7 Å². The van der Waals surface area contributed by atoms with E-state index in [0.29, 0.717) is 26.3 Å². The number of ether oxygens (including phenoxy) is 1. The van der Waals surface area contributed by atoms with Crippen LogP contribution in [-0.4, -0.2) is 17.9 Å². The van der Waals surface area contributed by atoms with E-state index >= 15 is 0 Å². The number of hydrogen-bond acceptors (Lipinski definition) is 3. The maximum atomic E-state index is 14.3. The van der Waals surface area contributed by atoms with Gasteiger partial charge in [0.05, 0.1) is 12.5 Å². The van der Waals surface area contributed by atoms with Gasteiger partial charge in [-0.1, -0.05) is 77.3 Å². The Kier molecular flexibility index (Phi) is 8.43. The second kappa shape index (κ2) is 12.0. The number of halogens is 4. The molecule has 3 atom stereocenters. The minimum atomic E-state index is -0.935. The van der Waals surface area contributed by atoms with Crippen molar-refractivity contribution in [1.82, 2.24) is 0 Å². The van der Waals surface area contributed by atoms with Gasteiger partial charge in [-0.05, 0) is 70.8 Å². The number of carbonyl (C=O) groups excluding carboxylic acids is 2. The van der Waals surface area contributed by atoms with Crippen molar-refractivity contribution in [2.75, 3.05) is 4.90 Å². The lowest BCUT2D eigenvalue weighted by Crippen LogP contribution is -2.52. The first-order valence-electron chi connectivity index (χ1n) is 12.5. The molecule has 5 rings (SSSR count). The Balaban J connectivity index is 1.70. The van der Waals surface area contributed by atoms with Crippen LogP contribution in [-0.2, 0) is 27.2 Å². The van der Waals surface area contributed by atoms with Gasteiger partial charge in [0, 0.05) is 27.2 Å². The van der Waals surface area contributed by atoms with Gasteiger partial charge in [-0.15, -0.1) is 0 Å². The van der Waals surface area contributed by atoms with E-state index in [4.69, 9.17) is 45.3 Å². The second-order valence-electron chi connectivity index (χ2n) is 9.55. The molecule has 2 N–H and O–H groups in total. The molecule has 0 aromatic heterocycles. The molecule has 1 fully saturated rings. The third-order valence-corrected chi connectivity index (χ3v) is 7.54. The summed E-state index contributed by atoms with van der Waals surface area (Å²) in [6, 6.07) is 24.6. The van der Waals surface area contributed by atoms with Crippen molar-refractivity contribution in [2.45, 2.75) is 31.1 Å². The summed E-state index contributed by atoms with van der Waals surface area (Å²) in [6.45, 7) is 0. The molecule has 0 radical (unpaired) electrons. The summed E-state index contributed by atoms with van der Waals surface area (Å²) in [5.74, 6) is -1.27. The van der Waals surface area contributed by atoms with Gasteiger partial charge in [-0.3, -0.25) is 14.5 Å². The van der Waals surface area contributed by atoms with E-state index in [2.05, 4.69) is 0 Å². The van der Waals surface area contributed by atoms with Crippen molar-refractivity contribution in [1.29, 1.82) is 0 Å². The molecule has 0 spiro atoms. The summed E-state index contributed by atoms with van der Waals surface area (Å²) in [6.07, 6.45) is -1.49. The zero-order valence-electron chi connectivity index (χ0n) is 21.1. The SMILES string of the molecule is NC(=O)Cc1ccc(Cl)cc1N1C(=O)[C@H](Cc2ccc(F)cc2)O[C@@H](c2ccc(Cl)cc2)[C@H]1c1ccc(Cl)cc1. The number of hydrogen-bond donors (Lipinski definition) is 1. The van der Waals surface area contributed by atoms with Crippen molar-refractivity contribution >= 4 is 52.3 Å². The molecule has 2 amide bonds. The van der Waals surface area contributed by atoms with E-state index in [9.17, 15) is 14.0 Å². The van der Waals surface area contributed by atoms with Crippen LogP contribution in [0.4, 0.5) is 10.1 Å². The quantitative estimate of drug-likeness (QED) is 0.244. The molecule has 1 aliphatic heterocycles. The van der Waals surface area contributed by atoms with Gasteiger partial charge in [0.15, 0.2) is 0 Å². The van der Waals surface area contributed by atoms with Gasteiger partial charge in [-0.2, -0.15) is 0 Å². The van der Waals surface area contributed by atoms with Crippen molar-refractivity contribution in [3.05, 3.63) is 134 Å². The van der Waals surface area contributed by atoms with E-state index < -0.39 is 24.2 Å². The van der Waals surface area contributed by atoms with Crippen LogP contribution in [0.2, 0.25) is 15.1 Å². The molecule has 4 aromatic carbocycles. The van der Waals surface area contributed by atoms with Gasteiger partial charge in [-0.25, -0.2) is 4.39 Å². The Bertz CT molecular complexity index is 1530. The third-order valence-electron chi connectivity index (χ3n) is 6.80. The summed E-state index contributed by atoms with van der Waals surface area (Å²) in [5.41, 5.74) is 8.82. The largest absolute Gasteiger partial charge is 0.369 e. The Morgan fingerprint density at radius 3 is 2.00 bits per heavy atom. The van der Waals surface area contributed by atoms with Crippen LogP contribution >= 0.6 is 34.8 Å². The van der Waals surface area contributed by atoms with Crippen LogP contribution in [0.3, 0.4) is 0 Å². The summed E-state index contributed by atoms with van der Waals surface area (Å²) >= 11 is 18.8. The molecule has 5 nitrogen and oxygen atoms in total. The van der Waals surface area contributed by atoms with Gasteiger partial charge >= 0.3 is 0 Å². The fraction of sp³-hybridized carbons (Fsp3) is 0.161. The van der Waals surface area contributed by atoms with E-state index in [1.165, 1.54) is 12.1 Å². The highest BCUT2D eigenvalue weighted by atomic mass is 35.5. The first-order valence-corrected chi connectivity index (χ1v) is 13.6. The van der Waals surface area contributed by atoms with Gasteiger partial charge in [0.2, 0.25) is 5.91 Å². The van der Waals surface area contributed by atoms with Gasteiger partial charge < -0.3 is 10.5 Å². The molecule has 1 heterocycles. The predicted octanol–water partition coefficient (Wildman–Crippen LogP) is 7.27. The normalized spacial score (nSPS) is 19.1. The zero-order chi connectivity index (χ0) is 28.4. The van der Waals surface area contributed by atoms with E-state index in [1.54, 1.807) is 59.5 Å². The average molecular weight is 598 g/mol. The van der Waals surface area contributed by atoms with Crippen LogP contribution in [0.25, 0.3) is 0 Å². The van der Waals surface area contributed by atoms with Crippen LogP contribution in [0.15, 0.2) is 91.0 Å².